The van der Waals surface area contributed by atoms with Crippen LogP contribution in [-0.4, -0.2) is 21.1 Å². The van der Waals surface area contributed by atoms with Crippen LogP contribution in [-0.2, 0) is 16.1 Å². The minimum Gasteiger partial charge on any atom is -0.459 e. The van der Waals surface area contributed by atoms with E-state index in [0.29, 0.717) is 5.82 Å². The fraction of sp³-hybridized carbons (Fsp3) is 0.636. The minimum atomic E-state index is -0.477. The van der Waals surface area contributed by atoms with Crippen molar-refractivity contribution < 1.29 is 9.53 Å². The van der Waals surface area contributed by atoms with Crippen LogP contribution in [0.2, 0.25) is 0 Å². The third-order valence-corrected chi connectivity index (χ3v) is 2.09. The molecule has 0 radical (unpaired) electrons. The number of rotatable bonds is 2. The van der Waals surface area contributed by atoms with Gasteiger partial charge in [-0.15, -0.1) is 0 Å². The topological polar surface area (TPSA) is 70.1 Å². The Hall–Kier alpha value is -1.52. The fourth-order valence-electron chi connectivity index (χ4n) is 1.43. The van der Waals surface area contributed by atoms with Gasteiger partial charge in [-0.05, 0) is 34.6 Å². The van der Waals surface area contributed by atoms with Gasteiger partial charge in [-0.25, -0.2) is 4.98 Å². The Labute approximate surface area is 95.6 Å². The molecular formula is C11H19N3O2. The number of carbonyl (C=O) groups is 1. The monoisotopic (exact) mass is 225 g/mol. The summed E-state index contributed by atoms with van der Waals surface area (Å²) in [6, 6.07) is 0. The van der Waals surface area contributed by atoms with E-state index in [9.17, 15) is 4.79 Å². The number of aromatic nitrogens is 2. The molecule has 5 nitrogen and oxygen atoms in total. The zero-order valence-electron chi connectivity index (χ0n) is 10.5. The first-order valence-corrected chi connectivity index (χ1v) is 5.22. The molecule has 0 bridgehead atoms. The zero-order chi connectivity index (χ0) is 12.5. The molecule has 0 unspecified atom stereocenters. The van der Waals surface area contributed by atoms with Crippen LogP contribution in [0.15, 0.2) is 0 Å². The molecule has 0 fully saturated rings. The van der Waals surface area contributed by atoms with Crippen LogP contribution in [0, 0.1) is 13.8 Å². The SMILES string of the molecule is Cc1nc(C)n(CC(=O)OC(C)(C)C)c1N. The second kappa shape index (κ2) is 4.15. The van der Waals surface area contributed by atoms with Crippen molar-refractivity contribution >= 4 is 11.8 Å². The largest absolute Gasteiger partial charge is 0.459 e. The van der Waals surface area contributed by atoms with Crippen molar-refractivity contribution in [3.63, 3.8) is 0 Å². The molecule has 1 rings (SSSR count). The van der Waals surface area contributed by atoms with Gasteiger partial charge in [0.2, 0.25) is 0 Å². The van der Waals surface area contributed by atoms with Gasteiger partial charge < -0.3 is 15.0 Å². The summed E-state index contributed by atoms with van der Waals surface area (Å²) in [6.45, 7) is 9.23. The Kier molecular flexibility index (Phi) is 3.26. The Morgan fingerprint density at radius 2 is 2.00 bits per heavy atom. The molecule has 0 aliphatic heterocycles. The minimum absolute atomic E-state index is 0.107. The van der Waals surface area contributed by atoms with Gasteiger partial charge >= 0.3 is 5.97 Å². The molecule has 0 saturated carbocycles. The van der Waals surface area contributed by atoms with Gasteiger partial charge in [-0.2, -0.15) is 0 Å². The predicted octanol–water partition coefficient (Wildman–Crippen LogP) is 1.42. The molecule has 1 aromatic rings. The molecule has 0 amide bonds. The number of hydrogen-bond acceptors (Lipinski definition) is 4. The summed E-state index contributed by atoms with van der Waals surface area (Å²) in [5.74, 6) is 0.934. The number of carbonyl (C=O) groups excluding carboxylic acids is 1. The normalized spacial score (nSPS) is 11.6. The van der Waals surface area contributed by atoms with Crippen molar-refractivity contribution in [3.05, 3.63) is 11.5 Å². The molecule has 0 aromatic carbocycles. The maximum absolute atomic E-state index is 11.6. The number of hydrogen-bond donors (Lipinski definition) is 1. The third-order valence-electron chi connectivity index (χ3n) is 2.09. The van der Waals surface area contributed by atoms with E-state index >= 15 is 0 Å². The van der Waals surface area contributed by atoms with E-state index in [4.69, 9.17) is 10.5 Å². The smallest absolute Gasteiger partial charge is 0.326 e. The first kappa shape index (κ1) is 12.5. The molecule has 1 heterocycles. The van der Waals surface area contributed by atoms with Gasteiger partial charge in [0.25, 0.3) is 0 Å². The average molecular weight is 225 g/mol. The Morgan fingerprint density at radius 3 is 2.38 bits per heavy atom. The van der Waals surface area contributed by atoms with Gasteiger partial charge in [0.05, 0.1) is 5.69 Å². The van der Waals surface area contributed by atoms with Crippen LogP contribution in [0.5, 0.6) is 0 Å². The summed E-state index contributed by atoms with van der Waals surface area (Å²) >= 11 is 0. The molecule has 0 saturated heterocycles. The summed E-state index contributed by atoms with van der Waals surface area (Å²) in [7, 11) is 0. The van der Waals surface area contributed by atoms with Gasteiger partial charge in [-0.3, -0.25) is 4.79 Å². The lowest BCUT2D eigenvalue weighted by atomic mass is 10.2. The summed E-state index contributed by atoms with van der Waals surface area (Å²) in [5.41, 5.74) is 6.07. The lowest BCUT2D eigenvalue weighted by Gasteiger charge is -2.20. The average Bonchev–Trinajstić information content (AvgIpc) is 2.29. The highest BCUT2D eigenvalue weighted by Gasteiger charge is 2.18. The number of imidazole rings is 1. The highest BCUT2D eigenvalue weighted by atomic mass is 16.6. The second-order valence-corrected chi connectivity index (χ2v) is 4.80. The van der Waals surface area contributed by atoms with Gasteiger partial charge in [-0.1, -0.05) is 0 Å². The van der Waals surface area contributed by atoms with Gasteiger partial charge in [0.1, 0.15) is 23.8 Å². The van der Waals surface area contributed by atoms with E-state index in [-0.39, 0.29) is 12.5 Å². The maximum Gasteiger partial charge on any atom is 0.326 e. The molecule has 16 heavy (non-hydrogen) atoms. The Bertz CT molecular complexity index is 402. The molecule has 1 aromatic heterocycles. The van der Waals surface area contributed by atoms with Crippen molar-refractivity contribution in [1.29, 1.82) is 0 Å². The lowest BCUT2D eigenvalue weighted by Crippen LogP contribution is -2.27. The number of nitrogen functional groups attached to an aromatic ring is 1. The number of esters is 1. The lowest BCUT2D eigenvalue weighted by molar-refractivity contribution is -0.155. The van der Waals surface area contributed by atoms with E-state index in [1.807, 2.05) is 34.6 Å². The van der Waals surface area contributed by atoms with Crippen LogP contribution < -0.4 is 5.73 Å². The Balaban J connectivity index is 2.78. The third kappa shape index (κ3) is 2.98. The van der Waals surface area contributed by atoms with Gasteiger partial charge in [0, 0.05) is 0 Å². The zero-order valence-corrected chi connectivity index (χ0v) is 10.5. The van der Waals surface area contributed by atoms with E-state index < -0.39 is 5.60 Å². The molecule has 0 aliphatic rings. The second-order valence-electron chi connectivity index (χ2n) is 4.80. The fourth-order valence-corrected chi connectivity index (χ4v) is 1.43. The van der Waals surface area contributed by atoms with Crippen molar-refractivity contribution in [1.82, 2.24) is 9.55 Å². The number of aryl methyl sites for hydroxylation is 2. The summed E-state index contributed by atoms with van der Waals surface area (Å²) in [4.78, 5) is 15.8. The first-order chi connectivity index (χ1) is 7.20. The van der Waals surface area contributed by atoms with E-state index in [1.54, 1.807) is 4.57 Å². The predicted molar refractivity (Wildman–Crippen MR) is 62.0 cm³/mol. The van der Waals surface area contributed by atoms with Crippen molar-refractivity contribution in [2.24, 2.45) is 0 Å². The maximum atomic E-state index is 11.6. The molecule has 0 spiro atoms. The van der Waals surface area contributed by atoms with Crippen LogP contribution in [0.3, 0.4) is 0 Å². The molecule has 0 atom stereocenters. The van der Waals surface area contributed by atoms with E-state index in [2.05, 4.69) is 4.98 Å². The first-order valence-electron chi connectivity index (χ1n) is 5.22. The Morgan fingerprint density at radius 1 is 1.44 bits per heavy atom. The number of nitrogens with two attached hydrogens (primary N) is 1. The summed E-state index contributed by atoms with van der Waals surface area (Å²) in [5, 5.41) is 0. The highest BCUT2D eigenvalue weighted by molar-refractivity contribution is 5.70. The van der Waals surface area contributed by atoms with Gasteiger partial charge in [0.15, 0.2) is 0 Å². The summed E-state index contributed by atoms with van der Waals surface area (Å²) < 4.78 is 6.87. The van der Waals surface area contributed by atoms with Crippen LogP contribution in [0.1, 0.15) is 32.3 Å². The van der Waals surface area contributed by atoms with Crippen molar-refractivity contribution in [2.45, 2.75) is 46.8 Å². The standard InChI is InChI=1S/C11H19N3O2/c1-7-10(12)14(8(2)13-7)6-9(15)16-11(3,4)5/h6,12H2,1-5H3. The molecule has 90 valence electrons. The van der Waals surface area contributed by atoms with Crippen LogP contribution in [0.25, 0.3) is 0 Å². The number of nitrogens with zero attached hydrogens (tertiary/aromatic N) is 2. The molecule has 2 N–H and O–H groups in total. The molecule has 0 aliphatic carbocycles. The van der Waals surface area contributed by atoms with E-state index in [1.165, 1.54) is 0 Å². The van der Waals surface area contributed by atoms with Crippen LogP contribution >= 0.6 is 0 Å². The van der Waals surface area contributed by atoms with Crippen molar-refractivity contribution in [2.75, 3.05) is 5.73 Å². The van der Waals surface area contributed by atoms with E-state index in [0.717, 1.165) is 11.5 Å². The number of anilines is 1. The molecular weight excluding hydrogens is 206 g/mol. The number of ether oxygens (including phenoxy) is 1. The molecule has 5 heteroatoms. The highest BCUT2D eigenvalue weighted by Crippen LogP contribution is 2.14. The quantitative estimate of drug-likeness (QED) is 0.773. The van der Waals surface area contributed by atoms with Crippen LogP contribution in [0.4, 0.5) is 5.82 Å². The van der Waals surface area contributed by atoms with Crippen molar-refractivity contribution in [3.8, 4) is 0 Å². The summed E-state index contributed by atoms with van der Waals surface area (Å²) in [6.07, 6.45) is 0.